The van der Waals surface area contributed by atoms with Crippen molar-refractivity contribution >= 4 is 40.0 Å². The molecule has 0 N–H and O–H groups in total. The first-order valence-electron chi connectivity index (χ1n) is 14.4. The Labute approximate surface area is 238 Å². The van der Waals surface area contributed by atoms with Gasteiger partial charge in [-0.2, -0.15) is 0 Å². The molecule has 3 heteroatoms. The quantitative estimate of drug-likeness (QED) is 0.253. The van der Waals surface area contributed by atoms with Crippen LogP contribution in [0.25, 0.3) is 0 Å². The molecule has 2 heterocycles. The zero-order chi connectivity index (χ0) is 27.2. The molecule has 1 saturated carbocycles. The van der Waals surface area contributed by atoms with Crippen molar-refractivity contribution < 1.29 is 0 Å². The maximum absolute atomic E-state index is 7.71. The van der Waals surface area contributed by atoms with Gasteiger partial charge < -0.3 is 9.80 Å². The van der Waals surface area contributed by atoms with Gasteiger partial charge in [-0.3, -0.25) is 0 Å². The van der Waals surface area contributed by atoms with Crippen LogP contribution in [0.1, 0.15) is 75.6 Å². The van der Waals surface area contributed by atoms with Gasteiger partial charge in [0.1, 0.15) is 0 Å². The van der Waals surface area contributed by atoms with Crippen molar-refractivity contribution in [3.05, 3.63) is 112 Å². The molecule has 4 aromatic carbocycles. The Kier molecular flexibility index (Phi) is 5.33. The summed E-state index contributed by atoms with van der Waals surface area (Å²) in [6.45, 7) is 11.9. The monoisotopic (exact) mass is 532 g/mol. The van der Waals surface area contributed by atoms with Crippen molar-refractivity contribution in [2.75, 3.05) is 9.80 Å². The van der Waals surface area contributed by atoms with Crippen LogP contribution in [-0.2, 0) is 10.8 Å². The Balaban J connectivity index is 1.55. The molecule has 1 aliphatic carbocycles. The van der Waals surface area contributed by atoms with E-state index in [9.17, 15) is 0 Å². The van der Waals surface area contributed by atoms with Crippen LogP contribution in [0.15, 0.2) is 84.9 Å². The minimum absolute atomic E-state index is 0.0301. The molecule has 0 amide bonds. The summed E-state index contributed by atoms with van der Waals surface area (Å²) in [6.07, 6.45) is 4.84. The third-order valence-corrected chi connectivity index (χ3v) is 10.7. The zero-order valence-corrected chi connectivity index (χ0v) is 24.4. The predicted molar refractivity (Wildman–Crippen MR) is 166 cm³/mol. The number of aryl methyl sites for hydroxylation is 1. The number of para-hydroxylation sites is 3. The average molecular weight is 533 g/mol. The fourth-order valence-electron chi connectivity index (χ4n) is 8.24. The minimum atomic E-state index is -0.103. The summed E-state index contributed by atoms with van der Waals surface area (Å²) in [7, 11) is 0. The number of hydrogen-bond acceptors (Lipinski definition) is 2. The molecule has 0 saturated heterocycles. The smallest absolute Gasteiger partial charge is 0.0886 e. The van der Waals surface area contributed by atoms with E-state index < -0.39 is 0 Å². The van der Waals surface area contributed by atoms with Crippen molar-refractivity contribution in [2.45, 2.75) is 76.7 Å². The number of nitrogens with zero attached hydrogens (tertiary/aromatic N) is 2. The standard InChI is InChI=1S/C36H37ClN2/c1-24-23-30(38-28-19-11-9-17-26(28)34(2,3)27-18-10-12-20-29(27)38)32(37)33-31(24)35(4)21-13-14-22-36(35,5)39(33)25-15-7-6-8-16-25/h6-12,15-20,23H,13-14,21-22H2,1-5H3. The molecule has 2 aliphatic heterocycles. The maximum Gasteiger partial charge on any atom is 0.0886 e. The SMILES string of the molecule is Cc1cc(N2c3ccccc3C(C)(C)c3ccccc32)c(Cl)c2c1C1(C)CCCCC1(C)N2c1ccccc1. The second kappa shape index (κ2) is 8.38. The van der Waals surface area contributed by atoms with Crippen molar-refractivity contribution in [1.29, 1.82) is 0 Å². The highest BCUT2D eigenvalue weighted by molar-refractivity contribution is 6.37. The Morgan fingerprint density at radius 3 is 1.90 bits per heavy atom. The van der Waals surface area contributed by atoms with Gasteiger partial charge in [0.25, 0.3) is 0 Å². The molecule has 0 aromatic heterocycles. The van der Waals surface area contributed by atoms with Gasteiger partial charge in [0.15, 0.2) is 0 Å². The fourth-order valence-corrected chi connectivity index (χ4v) is 8.56. The number of fused-ring (bicyclic) bond motifs is 5. The number of halogens is 1. The molecule has 0 spiro atoms. The average Bonchev–Trinajstić information content (AvgIpc) is 3.16. The highest BCUT2D eigenvalue weighted by atomic mass is 35.5. The van der Waals surface area contributed by atoms with E-state index >= 15 is 0 Å². The third kappa shape index (κ3) is 3.16. The van der Waals surface area contributed by atoms with Crippen molar-refractivity contribution in [3.8, 4) is 0 Å². The van der Waals surface area contributed by atoms with E-state index in [2.05, 4.69) is 129 Å². The Hall–Kier alpha value is -3.23. The maximum atomic E-state index is 7.71. The van der Waals surface area contributed by atoms with Gasteiger partial charge in [0.2, 0.25) is 0 Å². The lowest BCUT2D eigenvalue weighted by Crippen LogP contribution is -2.54. The molecule has 0 bridgehead atoms. The molecule has 0 radical (unpaired) electrons. The van der Waals surface area contributed by atoms with E-state index in [0.29, 0.717) is 0 Å². The first-order chi connectivity index (χ1) is 18.7. The molecule has 2 unspecified atom stereocenters. The summed E-state index contributed by atoms with van der Waals surface area (Å²) in [5.41, 5.74) is 11.2. The van der Waals surface area contributed by atoms with Gasteiger partial charge in [-0.15, -0.1) is 0 Å². The lowest BCUT2D eigenvalue weighted by Gasteiger charge is -2.50. The molecule has 4 aromatic rings. The topological polar surface area (TPSA) is 6.48 Å². The van der Waals surface area contributed by atoms with E-state index in [1.54, 1.807) is 0 Å². The van der Waals surface area contributed by atoms with E-state index in [1.165, 1.54) is 64.3 Å². The number of rotatable bonds is 2. The summed E-state index contributed by atoms with van der Waals surface area (Å²) >= 11 is 7.71. The summed E-state index contributed by atoms with van der Waals surface area (Å²) in [6, 6.07) is 31.0. The van der Waals surface area contributed by atoms with Gasteiger partial charge in [0.05, 0.1) is 33.3 Å². The van der Waals surface area contributed by atoms with Gasteiger partial charge in [-0.1, -0.05) is 99.8 Å². The molecular formula is C36H37ClN2. The van der Waals surface area contributed by atoms with Crippen LogP contribution in [0.5, 0.6) is 0 Å². The molecule has 2 atom stereocenters. The molecular weight excluding hydrogens is 496 g/mol. The Morgan fingerprint density at radius 1 is 0.692 bits per heavy atom. The van der Waals surface area contributed by atoms with Gasteiger partial charge in [-0.25, -0.2) is 0 Å². The van der Waals surface area contributed by atoms with Crippen LogP contribution in [0.2, 0.25) is 5.02 Å². The first-order valence-corrected chi connectivity index (χ1v) is 14.8. The minimum Gasteiger partial charge on any atom is -0.333 e. The second-order valence-corrected chi connectivity index (χ2v) is 13.1. The second-order valence-electron chi connectivity index (χ2n) is 12.7. The van der Waals surface area contributed by atoms with Crippen molar-refractivity contribution in [1.82, 2.24) is 0 Å². The molecule has 1 fully saturated rings. The summed E-state index contributed by atoms with van der Waals surface area (Å²) in [5.74, 6) is 0. The third-order valence-electron chi connectivity index (χ3n) is 10.4. The van der Waals surface area contributed by atoms with Gasteiger partial charge >= 0.3 is 0 Å². The van der Waals surface area contributed by atoms with Crippen LogP contribution < -0.4 is 9.80 Å². The predicted octanol–water partition coefficient (Wildman–Crippen LogP) is 10.5. The van der Waals surface area contributed by atoms with Crippen LogP contribution in [0, 0.1) is 6.92 Å². The molecule has 39 heavy (non-hydrogen) atoms. The van der Waals surface area contributed by atoms with Crippen molar-refractivity contribution in [3.63, 3.8) is 0 Å². The van der Waals surface area contributed by atoms with Crippen LogP contribution in [0.4, 0.5) is 28.4 Å². The van der Waals surface area contributed by atoms with E-state index in [4.69, 9.17) is 11.6 Å². The molecule has 2 nitrogen and oxygen atoms in total. The summed E-state index contributed by atoms with van der Waals surface area (Å²) in [5, 5.41) is 0.848. The van der Waals surface area contributed by atoms with Crippen molar-refractivity contribution in [2.24, 2.45) is 0 Å². The van der Waals surface area contributed by atoms with Crippen LogP contribution >= 0.6 is 11.6 Å². The number of hydrogen-bond donors (Lipinski definition) is 0. The highest BCUT2D eigenvalue weighted by Crippen LogP contribution is 2.65. The van der Waals surface area contributed by atoms with E-state index in [1.807, 2.05) is 0 Å². The van der Waals surface area contributed by atoms with Crippen LogP contribution in [-0.4, -0.2) is 5.54 Å². The fraction of sp³-hybridized carbons (Fsp3) is 0.333. The Bertz CT molecular complexity index is 1560. The highest BCUT2D eigenvalue weighted by Gasteiger charge is 2.59. The Morgan fingerprint density at radius 2 is 1.26 bits per heavy atom. The normalized spacial score (nSPS) is 24.6. The van der Waals surface area contributed by atoms with Gasteiger partial charge in [-0.05, 0) is 79.3 Å². The molecule has 7 rings (SSSR count). The van der Waals surface area contributed by atoms with Crippen LogP contribution in [0.3, 0.4) is 0 Å². The summed E-state index contributed by atoms with van der Waals surface area (Å²) < 4.78 is 0. The summed E-state index contributed by atoms with van der Waals surface area (Å²) in [4.78, 5) is 5.02. The van der Waals surface area contributed by atoms with E-state index in [-0.39, 0.29) is 16.4 Å². The largest absolute Gasteiger partial charge is 0.333 e. The van der Waals surface area contributed by atoms with E-state index in [0.717, 1.165) is 17.1 Å². The lowest BCUT2D eigenvalue weighted by atomic mass is 9.61. The lowest BCUT2D eigenvalue weighted by molar-refractivity contribution is 0.194. The number of anilines is 5. The zero-order valence-electron chi connectivity index (χ0n) is 23.7. The molecule has 198 valence electrons. The number of benzene rings is 4. The first kappa shape index (κ1) is 24.8. The van der Waals surface area contributed by atoms with Gasteiger partial charge in [0, 0.05) is 16.5 Å². The molecule has 3 aliphatic rings.